The Morgan fingerprint density at radius 3 is 2.44 bits per heavy atom. The van der Waals surface area contributed by atoms with Crippen molar-refractivity contribution < 1.29 is 9.53 Å². The molecule has 27 heavy (non-hydrogen) atoms. The van der Waals surface area contributed by atoms with Crippen molar-refractivity contribution in [3.05, 3.63) is 0 Å². The fraction of sp³-hybridized carbons (Fsp3) is 0.895. The molecule has 160 valence electrons. The standard InChI is InChI=1S/C19H39N5O2.HI/c1-9-20-17(22-16-13-24(14(2)3)12-15(16)4)21-10-11-23(8)18(25)26-19(5,6)7;/h14-16H,9-13H2,1-8H3,(H2,20,21,22);1H. The van der Waals surface area contributed by atoms with Crippen LogP contribution in [0.4, 0.5) is 4.79 Å². The van der Waals surface area contributed by atoms with E-state index >= 15 is 0 Å². The van der Waals surface area contributed by atoms with Crippen LogP contribution in [0.5, 0.6) is 0 Å². The molecule has 2 unspecified atom stereocenters. The van der Waals surface area contributed by atoms with Gasteiger partial charge in [0.25, 0.3) is 0 Å². The molecule has 0 spiro atoms. The molecular weight excluding hydrogens is 457 g/mol. The molecule has 0 aromatic carbocycles. The lowest BCUT2D eigenvalue weighted by Gasteiger charge is -2.24. The van der Waals surface area contributed by atoms with Crippen LogP contribution in [-0.2, 0) is 4.74 Å². The highest BCUT2D eigenvalue weighted by Gasteiger charge is 2.31. The Balaban J connectivity index is 0.00000676. The minimum absolute atomic E-state index is 0. The highest BCUT2D eigenvalue weighted by Crippen LogP contribution is 2.18. The van der Waals surface area contributed by atoms with Crippen molar-refractivity contribution in [2.75, 3.05) is 39.8 Å². The summed E-state index contributed by atoms with van der Waals surface area (Å²) in [6.07, 6.45) is -0.317. The molecule has 2 N–H and O–H groups in total. The summed E-state index contributed by atoms with van der Waals surface area (Å²) < 4.78 is 5.36. The Morgan fingerprint density at radius 2 is 1.96 bits per heavy atom. The second-order valence-corrected chi connectivity index (χ2v) is 8.44. The van der Waals surface area contributed by atoms with E-state index < -0.39 is 5.60 Å². The normalized spacial score (nSPS) is 21.0. The van der Waals surface area contributed by atoms with E-state index in [2.05, 4.69) is 48.2 Å². The monoisotopic (exact) mass is 497 g/mol. The third-order valence-electron chi connectivity index (χ3n) is 4.45. The number of nitrogens with one attached hydrogen (secondary N) is 2. The molecule has 1 heterocycles. The van der Waals surface area contributed by atoms with Crippen LogP contribution < -0.4 is 10.6 Å². The molecule has 1 fully saturated rings. The predicted octanol–water partition coefficient (Wildman–Crippen LogP) is 2.76. The Kier molecular flexibility index (Phi) is 11.6. The van der Waals surface area contributed by atoms with Gasteiger partial charge in [0.15, 0.2) is 5.96 Å². The van der Waals surface area contributed by atoms with Gasteiger partial charge in [-0.05, 0) is 47.5 Å². The zero-order chi connectivity index (χ0) is 19.9. The van der Waals surface area contributed by atoms with Crippen LogP contribution >= 0.6 is 24.0 Å². The van der Waals surface area contributed by atoms with Crippen molar-refractivity contribution in [3.8, 4) is 0 Å². The van der Waals surface area contributed by atoms with Gasteiger partial charge in [0.2, 0.25) is 0 Å². The molecule has 1 aliphatic rings. The fourth-order valence-corrected chi connectivity index (χ4v) is 2.85. The summed E-state index contributed by atoms with van der Waals surface area (Å²) in [5, 5.41) is 6.86. The second-order valence-electron chi connectivity index (χ2n) is 8.44. The maximum Gasteiger partial charge on any atom is 0.410 e. The fourth-order valence-electron chi connectivity index (χ4n) is 2.85. The van der Waals surface area contributed by atoms with Gasteiger partial charge in [-0.2, -0.15) is 0 Å². The minimum atomic E-state index is -0.480. The lowest BCUT2D eigenvalue weighted by molar-refractivity contribution is 0.0304. The molecule has 0 radical (unpaired) electrons. The first-order valence-corrected chi connectivity index (χ1v) is 9.76. The van der Waals surface area contributed by atoms with Gasteiger partial charge >= 0.3 is 6.09 Å². The van der Waals surface area contributed by atoms with Gasteiger partial charge in [0, 0.05) is 45.3 Å². The average Bonchev–Trinajstić information content (AvgIpc) is 2.87. The average molecular weight is 497 g/mol. The number of nitrogens with zero attached hydrogens (tertiary/aromatic N) is 3. The number of rotatable bonds is 6. The molecular formula is C19H40IN5O2. The van der Waals surface area contributed by atoms with E-state index in [1.807, 2.05) is 20.8 Å². The zero-order valence-corrected chi connectivity index (χ0v) is 20.7. The lowest BCUT2D eigenvalue weighted by atomic mass is 10.1. The summed E-state index contributed by atoms with van der Waals surface area (Å²) in [5.41, 5.74) is -0.480. The van der Waals surface area contributed by atoms with Crippen molar-refractivity contribution in [2.45, 2.75) is 66.2 Å². The summed E-state index contributed by atoms with van der Waals surface area (Å²) >= 11 is 0. The van der Waals surface area contributed by atoms with Crippen LogP contribution in [0.3, 0.4) is 0 Å². The Morgan fingerprint density at radius 1 is 1.33 bits per heavy atom. The van der Waals surface area contributed by atoms with Gasteiger partial charge in [-0.1, -0.05) is 6.92 Å². The van der Waals surface area contributed by atoms with Crippen LogP contribution in [0.25, 0.3) is 0 Å². The van der Waals surface area contributed by atoms with Gasteiger partial charge in [-0.3, -0.25) is 9.89 Å². The highest BCUT2D eigenvalue weighted by molar-refractivity contribution is 14.0. The number of guanidine groups is 1. The van der Waals surface area contributed by atoms with Crippen molar-refractivity contribution in [1.29, 1.82) is 0 Å². The van der Waals surface area contributed by atoms with Gasteiger partial charge in [-0.15, -0.1) is 24.0 Å². The SMILES string of the molecule is CCNC(=NCCN(C)C(=O)OC(C)(C)C)NC1CN(C(C)C)CC1C.I. The number of halogens is 1. The van der Waals surface area contributed by atoms with E-state index in [0.29, 0.717) is 31.1 Å². The molecule has 8 heteroatoms. The summed E-state index contributed by atoms with van der Waals surface area (Å²) in [6.45, 7) is 18.4. The zero-order valence-electron chi connectivity index (χ0n) is 18.3. The first-order chi connectivity index (χ1) is 12.0. The number of amides is 1. The smallest absolute Gasteiger partial charge is 0.410 e. The summed E-state index contributed by atoms with van der Waals surface area (Å²) in [6, 6.07) is 0.949. The summed E-state index contributed by atoms with van der Waals surface area (Å²) in [5.74, 6) is 1.39. The number of carbonyl (C=O) groups is 1. The largest absolute Gasteiger partial charge is 0.444 e. The number of carbonyl (C=O) groups excluding carboxylic acids is 1. The molecule has 7 nitrogen and oxygen atoms in total. The van der Waals surface area contributed by atoms with Crippen LogP contribution in [-0.4, -0.2) is 79.3 Å². The first-order valence-electron chi connectivity index (χ1n) is 9.76. The van der Waals surface area contributed by atoms with Crippen molar-refractivity contribution >= 4 is 36.0 Å². The van der Waals surface area contributed by atoms with Crippen LogP contribution in [0.1, 0.15) is 48.5 Å². The first kappa shape index (κ1) is 26.2. The molecule has 1 saturated heterocycles. The van der Waals surface area contributed by atoms with Gasteiger partial charge in [-0.25, -0.2) is 4.79 Å². The Hall–Kier alpha value is -0.770. The number of aliphatic imine (C=N–C) groups is 1. The summed E-state index contributed by atoms with van der Waals surface area (Å²) in [7, 11) is 1.74. The molecule has 0 bridgehead atoms. The Bertz CT molecular complexity index is 479. The number of ether oxygens (including phenoxy) is 1. The van der Waals surface area contributed by atoms with Crippen LogP contribution in [0.2, 0.25) is 0 Å². The van der Waals surface area contributed by atoms with E-state index in [4.69, 9.17) is 4.74 Å². The number of hydrogen-bond donors (Lipinski definition) is 2. The second kappa shape index (κ2) is 11.9. The van der Waals surface area contributed by atoms with E-state index in [1.165, 1.54) is 0 Å². The topological polar surface area (TPSA) is 69.2 Å². The third kappa shape index (κ3) is 9.82. The highest BCUT2D eigenvalue weighted by atomic mass is 127. The van der Waals surface area contributed by atoms with Gasteiger partial charge in [0.1, 0.15) is 5.60 Å². The number of likely N-dealkylation sites (N-methyl/N-ethyl adjacent to an activating group) is 1. The van der Waals surface area contributed by atoms with Crippen molar-refractivity contribution in [2.24, 2.45) is 10.9 Å². The summed E-state index contributed by atoms with van der Waals surface area (Å²) in [4.78, 5) is 20.7. The molecule has 0 saturated carbocycles. The minimum Gasteiger partial charge on any atom is -0.444 e. The molecule has 0 aromatic rings. The molecule has 1 amide bonds. The third-order valence-corrected chi connectivity index (χ3v) is 4.45. The van der Waals surface area contributed by atoms with Crippen LogP contribution in [0.15, 0.2) is 4.99 Å². The molecule has 1 rings (SSSR count). The maximum atomic E-state index is 12.0. The number of likely N-dealkylation sites (tertiary alicyclic amines) is 1. The van der Waals surface area contributed by atoms with Gasteiger partial charge in [0.05, 0.1) is 6.54 Å². The molecule has 1 aliphatic heterocycles. The molecule has 0 aromatic heterocycles. The van der Waals surface area contributed by atoms with Crippen molar-refractivity contribution in [3.63, 3.8) is 0 Å². The van der Waals surface area contributed by atoms with E-state index in [1.54, 1.807) is 11.9 Å². The Labute approximate surface area is 182 Å². The van der Waals surface area contributed by atoms with E-state index in [-0.39, 0.29) is 30.1 Å². The van der Waals surface area contributed by atoms with E-state index in [0.717, 1.165) is 25.6 Å². The van der Waals surface area contributed by atoms with Crippen LogP contribution in [0, 0.1) is 5.92 Å². The maximum absolute atomic E-state index is 12.0. The quantitative estimate of drug-likeness (QED) is 0.336. The lowest BCUT2D eigenvalue weighted by Crippen LogP contribution is -2.47. The number of hydrogen-bond acceptors (Lipinski definition) is 4. The molecule has 2 atom stereocenters. The predicted molar refractivity (Wildman–Crippen MR) is 123 cm³/mol. The molecule has 0 aliphatic carbocycles. The van der Waals surface area contributed by atoms with E-state index in [9.17, 15) is 4.79 Å². The van der Waals surface area contributed by atoms with Gasteiger partial charge < -0.3 is 20.3 Å². The van der Waals surface area contributed by atoms with Crippen molar-refractivity contribution in [1.82, 2.24) is 20.4 Å².